The lowest BCUT2D eigenvalue weighted by Crippen LogP contribution is -2.15. The van der Waals surface area contributed by atoms with E-state index >= 15 is 0 Å². The number of hydrogen-bond donors (Lipinski definition) is 0. The molecule has 0 fully saturated rings. The number of aryl methyl sites for hydroxylation is 1. The Balaban J connectivity index is 1.80. The molecule has 1 nitrogen and oxygen atoms in total. The number of hydrogen-bond acceptors (Lipinski definition) is 1. The van der Waals surface area contributed by atoms with Crippen molar-refractivity contribution in [2.75, 3.05) is 0 Å². The minimum absolute atomic E-state index is 0.000647. The number of rotatable bonds is 3. The molecule has 5 rings (SSSR count). The largest absolute Gasteiger partial charge is 0.248 e. The Morgan fingerprint density at radius 1 is 0.833 bits per heavy atom. The molecule has 1 heterocycles. The molecule has 1 aliphatic carbocycles. The van der Waals surface area contributed by atoms with Crippen LogP contribution in [-0.4, -0.2) is 4.98 Å². The second-order valence-electron chi connectivity index (χ2n) is 9.72. The van der Waals surface area contributed by atoms with Crippen LogP contribution < -0.4 is 0 Å². The zero-order valence-corrected chi connectivity index (χ0v) is 18.6. The molecule has 0 N–H and O–H groups in total. The molecule has 3 aromatic carbocycles. The van der Waals surface area contributed by atoms with Crippen molar-refractivity contribution >= 4 is 10.9 Å². The molecule has 0 radical (unpaired) electrons. The fourth-order valence-corrected chi connectivity index (χ4v) is 5.05. The van der Waals surface area contributed by atoms with Crippen molar-refractivity contribution in [3.8, 4) is 22.4 Å². The van der Waals surface area contributed by atoms with E-state index in [2.05, 4.69) is 101 Å². The van der Waals surface area contributed by atoms with Gasteiger partial charge in [0, 0.05) is 16.4 Å². The van der Waals surface area contributed by atoms with Crippen LogP contribution in [0.1, 0.15) is 49.9 Å². The van der Waals surface area contributed by atoms with Crippen LogP contribution >= 0.6 is 0 Å². The topological polar surface area (TPSA) is 12.9 Å². The number of nitrogens with zero attached hydrogens (tertiary/aromatic N) is 1. The standard InChI is InChI=1S/C29H29N/c1-18(2)13-21-15-27(20-10-8-9-19(3)14-20)30-28-17-26-24(16-23(21)28)22-11-6-7-12-25(22)29(26,4)5/h6-12,14-18H,13H2,1-5H3. The lowest BCUT2D eigenvalue weighted by atomic mass is 9.82. The summed E-state index contributed by atoms with van der Waals surface area (Å²) in [5, 5.41) is 1.30. The number of pyridine rings is 1. The van der Waals surface area contributed by atoms with E-state index in [9.17, 15) is 0 Å². The number of fused-ring (bicyclic) bond motifs is 4. The van der Waals surface area contributed by atoms with Crippen molar-refractivity contribution in [3.05, 3.63) is 89.0 Å². The molecule has 150 valence electrons. The fraction of sp³-hybridized carbons (Fsp3) is 0.276. The lowest BCUT2D eigenvalue weighted by Gasteiger charge is -2.22. The maximum atomic E-state index is 5.16. The van der Waals surface area contributed by atoms with Crippen LogP contribution in [0.25, 0.3) is 33.3 Å². The smallest absolute Gasteiger partial charge is 0.0715 e. The third kappa shape index (κ3) is 2.96. The van der Waals surface area contributed by atoms with Gasteiger partial charge >= 0.3 is 0 Å². The average Bonchev–Trinajstić information content (AvgIpc) is 2.93. The Kier molecular flexibility index (Phi) is 4.32. The first-order valence-electron chi connectivity index (χ1n) is 11.0. The molecular weight excluding hydrogens is 362 g/mol. The van der Waals surface area contributed by atoms with Crippen molar-refractivity contribution in [3.63, 3.8) is 0 Å². The molecule has 30 heavy (non-hydrogen) atoms. The van der Waals surface area contributed by atoms with Gasteiger partial charge in [0.1, 0.15) is 0 Å². The van der Waals surface area contributed by atoms with Crippen LogP contribution in [0.15, 0.2) is 66.7 Å². The van der Waals surface area contributed by atoms with Crippen molar-refractivity contribution in [1.29, 1.82) is 0 Å². The summed E-state index contributed by atoms with van der Waals surface area (Å²) in [4.78, 5) is 5.16. The average molecular weight is 392 g/mol. The Hall–Kier alpha value is -2.93. The number of benzene rings is 3. The third-order valence-corrected chi connectivity index (χ3v) is 6.54. The maximum Gasteiger partial charge on any atom is 0.0715 e. The summed E-state index contributed by atoms with van der Waals surface area (Å²) in [6.07, 6.45) is 1.06. The van der Waals surface area contributed by atoms with Gasteiger partial charge < -0.3 is 0 Å². The zero-order valence-electron chi connectivity index (χ0n) is 18.6. The van der Waals surface area contributed by atoms with Gasteiger partial charge in [0.2, 0.25) is 0 Å². The van der Waals surface area contributed by atoms with Crippen LogP contribution in [0.5, 0.6) is 0 Å². The monoisotopic (exact) mass is 391 g/mol. The van der Waals surface area contributed by atoms with Crippen LogP contribution in [-0.2, 0) is 11.8 Å². The summed E-state index contributed by atoms with van der Waals surface area (Å²) in [5.41, 5.74) is 11.6. The quantitative estimate of drug-likeness (QED) is 0.348. The molecule has 0 saturated heterocycles. The maximum absolute atomic E-state index is 5.16. The van der Waals surface area contributed by atoms with Gasteiger partial charge in [-0.15, -0.1) is 0 Å². The van der Waals surface area contributed by atoms with Gasteiger partial charge in [-0.05, 0) is 71.3 Å². The van der Waals surface area contributed by atoms with Crippen molar-refractivity contribution in [2.24, 2.45) is 5.92 Å². The van der Waals surface area contributed by atoms with Gasteiger partial charge in [-0.25, -0.2) is 4.98 Å². The highest BCUT2D eigenvalue weighted by atomic mass is 14.7. The normalized spacial score (nSPS) is 14.2. The summed E-state index contributed by atoms with van der Waals surface area (Å²) in [7, 11) is 0. The Bertz CT molecular complexity index is 1280. The van der Waals surface area contributed by atoms with Crippen molar-refractivity contribution in [2.45, 2.75) is 46.5 Å². The molecule has 0 amide bonds. The first-order valence-corrected chi connectivity index (χ1v) is 11.0. The van der Waals surface area contributed by atoms with Gasteiger partial charge in [-0.2, -0.15) is 0 Å². The summed E-state index contributed by atoms with van der Waals surface area (Å²) in [6.45, 7) is 11.4. The molecule has 0 unspecified atom stereocenters. The van der Waals surface area contributed by atoms with Gasteiger partial charge in [-0.1, -0.05) is 75.7 Å². The second kappa shape index (κ2) is 6.80. The minimum atomic E-state index is -0.000647. The van der Waals surface area contributed by atoms with Gasteiger partial charge in [0.05, 0.1) is 11.2 Å². The fourth-order valence-electron chi connectivity index (χ4n) is 5.05. The SMILES string of the molecule is Cc1cccc(-c2cc(CC(C)C)c3cc4c(cc3n2)C(C)(C)c2ccccc2-4)c1. The highest BCUT2D eigenvalue weighted by Crippen LogP contribution is 2.50. The molecule has 1 aromatic heterocycles. The molecule has 0 aliphatic heterocycles. The Labute approximate surface area is 179 Å². The summed E-state index contributed by atoms with van der Waals surface area (Å²) >= 11 is 0. The molecule has 1 heteroatoms. The predicted octanol–water partition coefficient (Wildman–Crippen LogP) is 7.72. The lowest BCUT2D eigenvalue weighted by molar-refractivity contribution is 0.649. The van der Waals surface area contributed by atoms with Crippen LogP contribution in [0.3, 0.4) is 0 Å². The van der Waals surface area contributed by atoms with E-state index in [0.717, 1.165) is 17.6 Å². The Morgan fingerprint density at radius 3 is 2.40 bits per heavy atom. The van der Waals surface area contributed by atoms with Crippen molar-refractivity contribution in [1.82, 2.24) is 4.98 Å². The van der Waals surface area contributed by atoms with E-state index in [1.54, 1.807) is 0 Å². The molecule has 1 aliphatic rings. The summed E-state index contributed by atoms with van der Waals surface area (Å²) in [5.74, 6) is 0.595. The molecule has 4 aromatic rings. The van der Waals surface area contributed by atoms with Gasteiger partial charge in [0.25, 0.3) is 0 Å². The van der Waals surface area contributed by atoms with E-state index in [4.69, 9.17) is 4.98 Å². The predicted molar refractivity (Wildman–Crippen MR) is 128 cm³/mol. The first-order chi connectivity index (χ1) is 14.3. The summed E-state index contributed by atoms with van der Waals surface area (Å²) < 4.78 is 0. The van der Waals surface area contributed by atoms with Gasteiger partial charge in [0.15, 0.2) is 0 Å². The highest BCUT2D eigenvalue weighted by Gasteiger charge is 2.35. The highest BCUT2D eigenvalue weighted by molar-refractivity contribution is 5.94. The van der Waals surface area contributed by atoms with Crippen LogP contribution in [0.4, 0.5) is 0 Å². The third-order valence-electron chi connectivity index (χ3n) is 6.54. The molecular formula is C29H29N. The second-order valence-corrected chi connectivity index (χ2v) is 9.72. The van der Waals surface area contributed by atoms with E-state index in [-0.39, 0.29) is 5.41 Å². The Morgan fingerprint density at radius 2 is 1.63 bits per heavy atom. The number of aromatic nitrogens is 1. The summed E-state index contributed by atoms with van der Waals surface area (Å²) in [6, 6.07) is 24.6. The van der Waals surface area contributed by atoms with E-state index in [1.807, 2.05) is 0 Å². The molecule has 0 spiro atoms. The van der Waals surface area contributed by atoms with Crippen molar-refractivity contribution < 1.29 is 0 Å². The van der Waals surface area contributed by atoms with Crippen LogP contribution in [0.2, 0.25) is 0 Å². The van der Waals surface area contributed by atoms with E-state index < -0.39 is 0 Å². The van der Waals surface area contributed by atoms with E-state index in [0.29, 0.717) is 5.92 Å². The molecule has 0 atom stereocenters. The molecule has 0 bridgehead atoms. The first kappa shape index (κ1) is 19.1. The minimum Gasteiger partial charge on any atom is -0.248 e. The molecule has 0 saturated carbocycles. The van der Waals surface area contributed by atoms with Crippen LogP contribution in [0, 0.1) is 12.8 Å². The zero-order chi connectivity index (χ0) is 21.0. The van der Waals surface area contributed by atoms with E-state index in [1.165, 1.54) is 44.3 Å². The van der Waals surface area contributed by atoms with Gasteiger partial charge in [-0.3, -0.25) is 0 Å².